The van der Waals surface area contributed by atoms with Gasteiger partial charge in [0.15, 0.2) is 0 Å². The van der Waals surface area contributed by atoms with E-state index in [0.29, 0.717) is 0 Å². The van der Waals surface area contributed by atoms with Crippen molar-refractivity contribution in [3.8, 4) is 5.69 Å². The van der Waals surface area contributed by atoms with Crippen LogP contribution in [0.4, 0.5) is 34.1 Å². The maximum atomic E-state index is 2.65. The quantitative estimate of drug-likeness (QED) is 0.120. The van der Waals surface area contributed by atoms with E-state index in [2.05, 4.69) is 366 Å². The third kappa shape index (κ3) is 9.63. The first-order chi connectivity index (χ1) is 42.9. The van der Waals surface area contributed by atoms with E-state index in [1.165, 1.54) is 117 Å². The second kappa shape index (κ2) is 21.3. The third-order valence-electron chi connectivity index (χ3n) is 20.9. The normalized spacial score (nSPS) is 13.6. The number of nitrogens with zero attached hydrogens (tertiary/aromatic N) is 3. The van der Waals surface area contributed by atoms with Crippen molar-refractivity contribution in [1.82, 2.24) is 4.57 Å². The zero-order valence-corrected chi connectivity index (χ0v) is 55.2. The lowest BCUT2D eigenvalue weighted by molar-refractivity contribution is 0.590. The molecule has 12 aromatic rings. The molecule has 3 heterocycles. The van der Waals surface area contributed by atoms with Gasteiger partial charge in [-0.2, -0.15) is 0 Å². The highest BCUT2D eigenvalue weighted by atomic mass is 15.2. The number of aromatic nitrogens is 1. The Balaban J connectivity index is 1.13. The Kier molecular flexibility index (Phi) is 13.8. The molecule has 90 heavy (non-hydrogen) atoms. The molecule has 0 bridgehead atoms. The summed E-state index contributed by atoms with van der Waals surface area (Å²) < 4.78 is 2.59. The highest BCUT2D eigenvalue weighted by molar-refractivity contribution is 7.00. The van der Waals surface area contributed by atoms with E-state index >= 15 is 0 Å². The SMILES string of the molecule is CC(C)(C)c1ccc2c(c1)c1cc(C(C)(C)C)ccc1n2-c1cc2c3c(c1)N(c1cccc(C(C)(C)c4ccccc4)c1)c1cc(C(C)(C)c4ccccc4)ccc1B3c1ccc(C(C)(C)c3ccccc3)cc1N2c1cccc(C(C)(C)c2ccccc2)c1. The summed E-state index contributed by atoms with van der Waals surface area (Å²) in [4.78, 5) is 5.30. The molecule has 11 aromatic carbocycles. The van der Waals surface area contributed by atoms with Crippen LogP contribution in [0.15, 0.2) is 255 Å². The Labute approximate surface area is 535 Å². The van der Waals surface area contributed by atoms with Gasteiger partial charge in [0, 0.05) is 66.6 Å². The molecule has 4 heteroatoms. The smallest absolute Gasteiger partial charge is 0.252 e. The number of fused-ring (bicyclic) bond motifs is 7. The molecule has 1 aromatic heterocycles. The molecule has 0 saturated heterocycles. The van der Waals surface area contributed by atoms with E-state index in [1.807, 2.05) is 0 Å². The lowest BCUT2D eigenvalue weighted by Crippen LogP contribution is -2.61. The molecule has 0 fully saturated rings. The van der Waals surface area contributed by atoms with Gasteiger partial charge >= 0.3 is 0 Å². The molecule has 0 N–H and O–H groups in total. The predicted octanol–water partition coefficient (Wildman–Crippen LogP) is 20.8. The van der Waals surface area contributed by atoms with Gasteiger partial charge < -0.3 is 14.4 Å². The van der Waals surface area contributed by atoms with Crippen molar-refractivity contribution in [3.05, 3.63) is 310 Å². The van der Waals surface area contributed by atoms with Crippen LogP contribution in [-0.2, 0) is 32.5 Å². The molecule has 3 nitrogen and oxygen atoms in total. The maximum absolute atomic E-state index is 2.65. The standard InChI is InChI=1S/C86H84BN3/c1-81(2,3)61-43-47-74-70(51-61)71-52-62(82(4,5)6)44-48-75(71)90(74)69-55-78-80-79(56-69)89(68-40-28-38-64(50-68)84(9,10)58-31-21-16-22-32-58)77-54-66(86(13,14)60-35-25-18-26-36-60)42-46-73(77)87(80)72-45-41-65(85(11,12)59-33-23-17-24-34-59)53-76(72)88(78)67-39-27-37-63(49-67)83(7,8)57-29-19-15-20-30-57/h15-56H,1-14H3. The van der Waals surface area contributed by atoms with Crippen LogP contribution in [0.1, 0.15) is 153 Å². The number of hydrogen-bond acceptors (Lipinski definition) is 2. The van der Waals surface area contributed by atoms with Gasteiger partial charge in [0.25, 0.3) is 6.71 Å². The summed E-state index contributed by atoms with van der Waals surface area (Å²) in [6, 6.07) is 97.7. The molecule has 0 saturated carbocycles. The van der Waals surface area contributed by atoms with E-state index in [0.717, 1.165) is 17.1 Å². The minimum atomic E-state index is -0.315. The van der Waals surface area contributed by atoms with Crippen LogP contribution < -0.4 is 26.2 Å². The Morgan fingerprint density at radius 3 is 0.889 bits per heavy atom. The van der Waals surface area contributed by atoms with Crippen LogP contribution in [0, 0.1) is 0 Å². The first-order valence-electron chi connectivity index (χ1n) is 32.5. The molecule has 0 spiro atoms. The summed E-state index contributed by atoms with van der Waals surface area (Å²) >= 11 is 0. The average Bonchev–Trinajstić information content (AvgIpc) is 0.843. The van der Waals surface area contributed by atoms with Gasteiger partial charge in [-0.3, -0.25) is 0 Å². The summed E-state index contributed by atoms with van der Waals surface area (Å²) in [5.74, 6) is 0. The molecule has 0 radical (unpaired) electrons. The Bertz CT molecular complexity index is 4430. The van der Waals surface area contributed by atoms with Crippen LogP contribution in [0.2, 0.25) is 0 Å². The highest BCUT2D eigenvalue weighted by Crippen LogP contribution is 2.50. The average molecular weight is 1170 g/mol. The van der Waals surface area contributed by atoms with Crippen molar-refractivity contribution in [2.45, 2.75) is 129 Å². The highest BCUT2D eigenvalue weighted by Gasteiger charge is 2.46. The van der Waals surface area contributed by atoms with Crippen molar-refractivity contribution in [1.29, 1.82) is 0 Å². The van der Waals surface area contributed by atoms with Gasteiger partial charge in [0.05, 0.1) is 16.7 Å². The first kappa shape index (κ1) is 58.6. The topological polar surface area (TPSA) is 11.4 Å². The first-order valence-corrected chi connectivity index (χ1v) is 32.5. The summed E-state index contributed by atoms with van der Waals surface area (Å²) in [6.45, 7) is 32.9. The molecule has 2 aliphatic heterocycles. The van der Waals surface area contributed by atoms with E-state index in [1.54, 1.807) is 0 Å². The number of rotatable bonds is 11. The fourth-order valence-corrected chi connectivity index (χ4v) is 14.8. The molecule has 0 atom stereocenters. The lowest BCUT2D eigenvalue weighted by atomic mass is 9.33. The van der Waals surface area contributed by atoms with Gasteiger partial charge in [-0.25, -0.2) is 0 Å². The van der Waals surface area contributed by atoms with Crippen molar-refractivity contribution in [2.75, 3.05) is 9.80 Å². The van der Waals surface area contributed by atoms with E-state index in [-0.39, 0.29) is 39.2 Å². The second-order valence-corrected chi connectivity index (χ2v) is 29.9. The fourth-order valence-electron chi connectivity index (χ4n) is 14.8. The lowest BCUT2D eigenvalue weighted by Gasteiger charge is -2.45. The van der Waals surface area contributed by atoms with Crippen LogP contribution in [0.25, 0.3) is 27.5 Å². The van der Waals surface area contributed by atoms with Gasteiger partial charge in [-0.15, -0.1) is 0 Å². The molecular formula is C86H84BN3. The van der Waals surface area contributed by atoms with Gasteiger partial charge in [-0.1, -0.05) is 279 Å². The molecule has 2 aliphatic rings. The molecule has 0 unspecified atom stereocenters. The molecular weight excluding hydrogens is 1090 g/mol. The minimum absolute atomic E-state index is 0.0495. The summed E-state index contributed by atoms with van der Waals surface area (Å²) in [5, 5.41) is 2.54. The van der Waals surface area contributed by atoms with E-state index in [9.17, 15) is 0 Å². The van der Waals surface area contributed by atoms with Gasteiger partial charge in [0.1, 0.15) is 0 Å². The van der Waals surface area contributed by atoms with Crippen LogP contribution >= 0.6 is 0 Å². The monoisotopic (exact) mass is 1170 g/mol. The molecule has 14 rings (SSSR count). The number of benzene rings is 11. The maximum Gasteiger partial charge on any atom is 0.252 e. The van der Waals surface area contributed by atoms with Gasteiger partial charge in [-0.05, 0) is 156 Å². The second-order valence-electron chi connectivity index (χ2n) is 29.9. The molecule has 0 amide bonds. The van der Waals surface area contributed by atoms with Gasteiger partial charge in [0.2, 0.25) is 0 Å². The predicted molar refractivity (Wildman–Crippen MR) is 386 cm³/mol. The van der Waals surface area contributed by atoms with Crippen molar-refractivity contribution >= 4 is 79.0 Å². The fraction of sp³-hybridized carbons (Fsp3) is 0.233. The zero-order chi connectivity index (χ0) is 62.9. The Morgan fingerprint density at radius 2 is 0.556 bits per heavy atom. The molecule has 0 aliphatic carbocycles. The molecule has 446 valence electrons. The Morgan fingerprint density at radius 1 is 0.244 bits per heavy atom. The van der Waals surface area contributed by atoms with Crippen molar-refractivity contribution in [2.24, 2.45) is 0 Å². The third-order valence-corrected chi connectivity index (χ3v) is 20.9. The summed E-state index contributed by atoms with van der Waals surface area (Å²) in [6.07, 6.45) is 0. The summed E-state index contributed by atoms with van der Waals surface area (Å²) in [5.41, 5.74) is 25.8. The zero-order valence-electron chi connectivity index (χ0n) is 55.2. The van der Waals surface area contributed by atoms with Crippen LogP contribution in [0.5, 0.6) is 0 Å². The van der Waals surface area contributed by atoms with Crippen LogP contribution in [-0.4, -0.2) is 11.3 Å². The summed E-state index contributed by atoms with van der Waals surface area (Å²) in [7, 11) is 0. The largest absolute Gasteiger partial charge is 0.311 e. The number of hydrogen-bond donors (Lipinski definition) is 0. The minimum Gasteiger partial charge on any atom is -0.311 e. The van der Waals surface area contributed by atoms with Crippen molar-refractivity contribution < 1.29 is 0 Å². The van der Waals surface area contributed by atoms with E-state index < -0.39 is 0 Å². The Hall–Kier alpha value is -9.12. The van der Waals surface area contributed by atoms with Crippen molar-refractivity contribution in [3.63, 3.8) is 0 Å². The number of anilines is 6. The van der Waals surface area contributed by atoms with Crippen LogP contribution in [0.3, 0.4) is 0 Å². The van der Waals surface area contributed by atoms with E-state index in [4.69, 9.17) is 0 Å².